The average Bonchev–Trinajstić information content (AvgIpc) is 2.74. The minimum atomic E-state index is -0.667. The standard InChI is InChI=1S/C21H20Cl2N2O2/c1-3-5-10-21(4-2)20(27)24-17-11-13(22)6-8-15(17)19(26)16-9-7-14(23)12-18(16)25(21)24/h6-9,11-12H,3-5,10H2,1-2H3. The zero-order valence-electron chi connectivity index (χ0n) is 15.3. The van der Waals surface area contributed by atoms with Gasteiger partial charge < -0.3 is 0 Å². The molecule has 6 heteroatoms. The van der Waals surface area contributed by atoms with E-state index in [1.54, 1.807) is 41.4 Å². The van der Waals surface area contributed by atoms with Gasteiger partial charge in [-0.1, -0.05) is 49.9 Å². The Morgan fingerprint density at radius 1 is 0.926 bits per heavy atom. The van der Waals surface area contributed by atoms with Gasteiger partial charge >= 0.3 is 0 Å². The Labute approximate surface area is 168 Å². The van der Waals surface area contributed by atoms with Crippen molar-refractivity contribution >= 4 is 46.3 Å². The van der Waals surface area contributed by atoms with Crippen molar-refractivity contribution < 1.29 is 9.59 Å². The number of unbranched alkanes of at least 4 members (excludes halogenated alkanes) is 1. The first-order chi connectivity index (χ1) is 12.9. The van der Waals surface area contributed by atoms with Gasteiger partial charge in [-0.2, -0.15) is 0 Å². The molecule has 2 aromatic carbocycles. The Morgan fingerprint density at radius 3 is 2.11 bits per heavy atom. The van der Waals surface area contributed by atoms with Gasteiger partial charge in [0.15, 0.2) is 5.78 Å². The zero-order chi connectivity index (χ0) is 19.3. The SMILES string of the molecule is CCCCC1(CC)C(=O)N2c3cc(Cl)ccc3C(=O)c3ccc(Cl)cc3N21. The van der Waals surface area contributed by atoms with Crippen molar-refractivity contribution in [2.24, 2.45) is 0 Å². The normalized spacial score (nSPS) is 20.6. The molecule has 1 saturated heterocycles. The molecule has 4 nitrogen and oxygen atoms in total. The second-order valence-corrected chi connectivity index (χ2v) is 7.94. The van der Waals surface area contributed by atoms with Crippen LogP contribution < -0.4 is 10.0 Å². The highest BCUT2D eigenvalue weighted by Gasteiger charge is 2.60. The lowest BCUT2D eigenvalue weighted by Gasteiger charge is -2.59. The minimum absolute atomic E-state index is 0.00240. The van der Waals surface area contributed by atoms with Crippen LogP contribution in [0, 0.1) is 0 Å². The van der Waals surface area contributed by atoms with Gasteiger partial charge in [-0.25, -0.2) is 5.01 Å². The molecule has 1 amide bonds. The summed E-state index contributed by atoms with van der Waals surface area (Å²) in [5.74, 6) is -0.126. The Hall–Kier alpha value is -2.04. The van der Waals surface area contributed by atoms with Crippen molar-refractivity contribution in [3.63, 3.8) is 0 Å². The Bertz CT molecular complexity index is 959. The van der Waals surface area contributed by atoms with Crippen LogP contribution in [0.4, 0.5) is 11.4 Å². The molecular weight excluding hydrogens is 383 g/mol. The summed E-state index contributed by atoms with van der Waals surface area (Å²) in [6.45, 7) is 4.12. The second kappa shape index (κ2) is 6.54. The number of benzene rings is 2. The third kappa shape index (κ3) is 2.50. The van der Waals surface area contributed by atoms with E-state index in [0.717, 1.165) is 19.3 Å². The molecule has 140 valence electrons. The topological polar surface area (TPSA) is 40.6 Å². The van der Waals surface area contributed by atoms with E-state index in [9.17, 15) is 9.59 Å². The summed E-state index contributed by atoms with van der Waals surface area (Å²) in [6, 6.07) is 10.3. The molecule has 0 bridgehead atoms. The molecular formula is C21H20Cl2N2O2. The lowest BCUT2D eigenvalue weighted by Crippen LogP contribution is -2.78. The molecule has 2 aromatic rings. The molecule has 0 N–H and O–H groups in total. The van der Waals surface area contributed by atoms with Crippen molar-refractivity contribution in [1.29, 1.82) is 0 Å². The number of nitrogens with zero attached hydrogens (tertiary/aromatic N) is 2. The summed E-state index contributed by atoms with van der Waals surface area (Å²) >= 11 is 12.5. The summed E-state index contributed by atoms with van der Waals surface area (Å²) in [5, 5.41) is 4.58. The van der Waals surface area contributed by atoms with Crippen LogP contribution >= 0.6 is 23.2 Å². The van der Waals surface area contributed by atoms with Gasteiger partial charge in [0.1, 0.15) is 5.54 Å². The van der Waals surface area contributed by atoms with Crippen LogP contribution in [0.3, 0.4) is 0 Å². The van der Waals surface area contributed by atoms with Gasteiger partial charge in [-0.15, -0.1) is 0 Å². The Balaban J connectivity index is 1.99. The molecule has 2 heterocycles. The third-order valence-electron chi connectivity index (χ3n) is 5.59. The van der Waals surface area contributed by atoms with Gasteiger partial charge in [0.2, 0.25) is 0 Å². The highest BCUT2D eigenvalue weighted by atomic mass is 35.5. The number of anilines is 2. The summed E-state index contributed by atoms with van der Waals surface area (Å²) in [7, 11) is 0. The van der Waals surface area contributed by atoms with Crippen LogP contribution in [0.1, 0.15) is 55.5 Å². The van der Waals surface area contributed by atoms with E-state index >= 15 is 0 Å². The lowest BCUT2D eigenvalue weighted by molar-refractivity contribution is -0.131. The Morgan fingerprint density at radius 2 is 1.52 bits per heavy atom. The molecule has 0 aliphatic carbocycles. The van der Waals surface area contributed by atoms with Crippen molar-refractivity contribution in [3.8, 4) is 0 Å². The average molecular weight is 403 g/mol. The molecule has 0 saturated carbocycles. The predicted molar refractivity (Wildman–Crippen MR) is 109 cm³/mol. The van der Waals surface area contributed by atoms with Crippen molar-refractivity contribution in [2.75, 3.05) is 10.0 Å². The minimum Gasteiger partial charge on any atom is -0.288 e. The number of amides is 1. The van der Waals surface area contributed by atoms with Crippen molar-refractivity contribution in [2.45, 2.75) is 45.1 Å². The van der Waals surface area contributed by atoms with Crippen LogP contribution in [0.25, 0.3) is 0 Å². The molecule has 1 fully saturated rings. The van der Waals surface area contributed by atoms with Gasteiger partial charge in [-0.3, -0.25) is 14.6 Å². The fourth-order valence-corrected chi connectivity index (χ4v) is 4.46. The first kappa shape index (κ1) is 18.3. The monoisotopic (exact) mass is 402 g/mol. The number of ketones is 1. The zero-order valence-corrected chi connectivity index (χ0v) is 16.8. The number of hydrogen-bond acceptors (Lipinski definition) is 3. The van der Waals surface area contributed by atoms with Crippen LogP contribution in [0.5, 0.6) is 0 Å². The van der Waals surface area contributed by atoms with Crippen molar-refractivity contribution in [3.05, 3.63) is 57.6 Å². The molecule has 0 spiro atoms. The summed E-state index contributed by atoms with van der Waals surface area (Å²) < 4.78 is 0. The van der Waals surface area contributed by atoms with Gasteiger partial charge in [0, 0.05) is 21.2 Å². The number of rotatable bonds is 4. The number of hydrazine groups is 1. The third-order valence-corrected chi connectivity index (χ3v) is 6.06. The maximum atomic E-state index is 13.4. The second-order valence-electron chi connectivity index (χ2n) is 7.07. The van der Waals surface area contributed by atoms with E-state index in [-0.39, 0.29) is 11.7 Å². The largest absolute Gasteiger partial charge is 0.288 e. The molecule has 0 radical (unpaired) electrons. The molecule has 4 rings (SSSR count). The number of halogens is 2. The molecule has 0 aromatic heterocycles. The predicted octanol–water partition coefficient (Wildman–Crippen LogP) is 5.65. The first-order valence-corrected chi connectivity index (χ1v) is 9.98. The van der Waals surface area contributed by atoms with Crippen LogP contribution in [-0.2, 0) is 4.79 Å². The number of carbonyl (C=O) groups is 2. The number of fused-ring (bicyclic) bond motifs is 5. The maximum Gasteiger partial charge on any atom is 0.273 e. The summed E-state index contributed by atoms with van der Waals surface area (Å²) in [5.41, 5.74) is 1.56. The highest BCUT2D eigenvalue weighted by molar-refractivity contribution is 6.33. The fourth-order valence-electron chi connectivity index (χ4n) is 4.13. The van der Waals surface area contributed by atoms with Gasteiger partial charge in [0.05, 0.1) is 11.4 Å². The van der Waals surface area contributed by atoms with E-state index in [0.29, 0.717) is 39.0 Å². The van der Waals surface area contributed by atoms with Gasteiger partial charge in [0.25, 0.3) is 5.91 Å². The van der Waals surface area contributed by atoms with Gasteiger partial charge in [-0.05, 0) is 49.2 Å². The molecule has 27 heavy (non-hydrogen) atoms. The summed E-state index contributed by atoms with van der Waals surface area (Å²) in [4.78, 5) is 26.6. The van der Waals surface area contributed by atoms with E-state index in [1.807, 2.05) is 11.9 Å². The van der Waals surface area contributed by atoms with E-state index in [4.69, 9.17) is 23.2 Å². The molecule has 1 unspecified atom stereocenters. The lowest BCUT2D eigenvalue weighted by atomic mass is 9.82. The van der Waals surface area contributed by atoms with E-state index < -0.39 is 5.54 Å². The van der Waals surface area contributed by atoms with Crippen LogP contribution in [0.2, 0.25) is 10.0 Å². The van der Waals surface area contributed by atoms with E-state index in [2.05, 4.69) is 6.92 Å². The first-order valence-electron chi connectivity index (χ1n) is 9.23. The molecule has 2 aliphatic rings. The number of hydrogen-bond donors (Lipinski definition) is 0. The highest BCUT2D eigenvalue weighted by Crippen LogP contribution is 2.50. The quantitative estimate of drug-likeness (QED) is 0.663. The van der Waals surface area contributed by atoms with Crippen molar-refractivity contribution in [1.82, 2.24) is 0 Å². The Kier molecular flexibility index (Phi) is 4.44. The fraction of sp³-hybridized carbons (Fsp3) is 0.333. The molecule has 2 aliphatic heterocycles. The molecule has 1 atom stereocenters. The summed E-state index contributed by atoms with van der Waals surface area (Å²) in [6.07, 6.45) is 3.30. The maximum absolute atomic E-state index is 13.4. The van der Waals surface area contributed by atoms with Crippen LogP contribution in [0.15, 0.2) is 36.4 Å². The van der Waals surface area contributed by atoms with Crippen LogP contribution in [-0.4, -0.2) is 17.2 Å². The smallest absolute Gasteiger partial charge is 0.273 e. The van der Waals surface area contributed by atoms with E-state index in [1.165, 1.54) is 0 Å². The number of carbonyl (C=O) groups excluding carboxylic acids is 2.